The van der Waals surface area contributed by atoms with E-state index in [9.17, 15) is 9.90 Å². The number of hydrogen-bond donors (Lipinski definition) is 2. The van der Waals surface area contributed by atoms with Crippen molar-refractivity contribution < 1.29 is 9.90 Å². The van der Waals surface area contributed by atoms with Crippen LogP contribution in [0, 0.1) is 5.92 Å². The Bertz CT molecular complexity index is 744. The molecule has 0 saturated carbocycles. The van der Waals surface area contributed by atoms with Gasteiger partial charge in [-0.05, 0) is 19.8 Å². The molecule has 1 saturated heterocycles. The lowest BCUT2D eigenvalue weighted by atomic mass is 9.91. The van der Waals surface area contributed by atoms with Crippen LogP contribution >= 0.6 is 0 Å². The van der Waals surface area contributed by atoms with Crippen LogP contribution in [0.25, 0.3) is 0 Å². The minimum absolute atomic E-state index is 0.0204. The molecule has 3 rings (SSSR count). The van der Waals surface area contributed by atoms with Gasteiger partial charge in [-0.1, -0.05) is 5.21 Å². The fourth-order valence-corrected chi connectivity index (χ4v) is 3.42. The maximum atomic E-state index is 11.2. The van der Waals surface area contributed by atoms with Crippen molar-refractivity contribution in [1.29, 1.82) is 0 Å². The minimum atomic E-state index is -0.779. The van der Waals surface area contributed by atoms with Crippen molar-refractivity contribution >= 4 is 11.9 Å². The molecule has 9 heteroatoms. The SMILES string of the molecule is CC(C)Nc1ncc(CN2C[C@H](CC(=O)O)[C@H](c3cn(C)nn3)C2)cn1. The highest BCUT2D eigenvalue weighted by atomic mass is 16.4. The molecule has 2 N–H and O–H groups in total. The maximum absolute atomic E-state index is 11.2. The highest BCUT2D eigenvalue weighted by Gasteiger charge is 2.36. The Labute approximate surface area is 152 Å². The van der Waals surface area contributed by atoms with E-state index in [0.29, 0.717) is 19.0 Å². The summed E-state index contributed by atoms with van der Waals surface area (Å²) in [5.74, 6) is -0.0702. The number of nitrogens with one attached hydrogen (secondary N) is 1. The minimum Gasteiger partial charge on any atom is -0.481 e. The molecule has 3 heterocycles. The van der Waals surface area contributed by atoms with Gasteiger partial charge >= 0.3 is 5.97 Å². The molecule has 26 heavy (non-hydrogen) atoms. The van der Waals surface area contributed by atoms with E-state index in [-0.39, 0.29) is 24.3 Å². The van der Waals surface area contributed by atoms with Crippen molar-refractivity contribution in [3.8, 4) is 0 Å². The normalized spacial score (nSPS) is 20.6. The number of carbonyl (C=O) groups is 1. The monoisotopic (exact) mass is 359 g/mol. The third-order valence-electron chi connectivity index (χ3n) is 4.48. The van der Waals surface area contributed by atoms with E-state index in [0.717, 1.165) is 17.8 Å². The number of hydrogen-bond acceptors (Lipinski definition) is 7. The molecule has 2 atom stereocenters. The molecule has 9 nitrogen and oxygen atoms in total. The average Bonchev–Trinajstić information content (AvgIpc) is 3.14. The molecule has 2 aromatic heterocycles. The lowest BCUT2D eigenvalue weighted by Gasteiger charge is -2.15. The van der Waals surface area contributed by atoms with Gasteiger partial charge in [0.25, 0.3) is 0 Å². The molecule has 0 amide bonds. The van der Waals surface area contributed by atoms with Crippen molar-refractivity contribution in [2.45, 2.75) is 38.8 Å². The standard InChI is InChI=1S/C17H25N7O2/c1-11(2)20-17-18-5-12(6-19-17)7-24-8-13(4-16(25)26)14(9-24)15-10-23(3)22-21-15/h5-6,10-11,13-14H,4,7-9H2,1-3H3,(H,25,26)(H,18,19,20)/t13-,14+/m0/s1. The number of nitrogens with zero attached hydrogens (tertiary/aromatic N) is 6. The number of likely N-dealkylation sites (tertiary alicyclic amines) is 1. The van der Waals surface area contributed by atoms with Crippen molar-refractivity contribution in [3.63, 3.8) is 0 Å². The summed E-state index contributed by atoms with van der Waals surface area (Å²) in [7, 11) is 1.82. The van der Waals surface area contributed by atoms with Gasteiger partial charge in [0.2, 0.25) is 5.95 Å². The van der Waals surface area contributed by atoms with Crippen molar-refractivity contribution in [3.05, 3.63) is 29.8 Å². The van der Waals surface area contributed by atoms with E-state index in [1.807, 2.05) is 39.5 Å². The summed E-state index contributed by atoms with van der Waals surface area (Å²) in [5.41, 5.74) is 1.86. The second-order valence-electron chi connectivity index (χ2n) is 7.19. The molecule has 140 valence electrons. The first-order chi connectivity index (χ1) is 12.4. The maximum Gasteiger partial charge on any atom is 0.303 e. The highest BCUT2D eigenvalue weighted by molar-refractivity contribution is 5.67. The number of aromatic nitrogens is 5. The number of aryl methyl sites for hydroxylation is 1. The first-order valence-electron chi connectivity index (χ1n) is 8.78. The summed E-state index contributed by atoms with van der Waals surface area (Å²) in [6, 6.07) is 0.281. The smallest absolute Gasteiger partial charge is 0.303 e. The lowest BCUT2D eigenvalue weighted by Crippen LogP contribution is -2.21. The summed E-state index contributed by atoms with van der Waals surface area (Å²) >= 11 is 0. The second kappa shape index (κ2) is 7.77. The first kappa shape index (κ1) is 18.2. The number of rotatable bonds is 7. The van der Waals surface area contributed by atoms with Gasteiger partial charge in [-0.25, -0.2) is 9.97 Å². The van der Waals surface area contributed by atoms with Crippen LogP contribution < -0.4 is 5.32 Å². The summed E-state index contributed by atoms with van der Waals surface area (Å²) in [6.07, 6.45) is 5.64. The van der Waals surface area contributed by atoms with Crippen LogP contribution in [-0.4, -0.2) is 60.1 Å². The molecule has 0 radical (unpaired) electrons. The molecular weight excluding hydrogens is 334 g/mol. The van der Waals surface area contributed by atoms with Crippen LogP contribution in [0.5, 0.6) is 0 Å². The van der Waals surface area contributed by atoms with Gasteiger partial charge in [0, 0.05) is 62.8 Å². The van der Waals surface area contributed by atoms with Crippen LogP contribution in [0.3, 0.4) is 0 Å². The summed E-state index contributed by atoms with van der Waals surface area (Å²) in [4.78, 5) is 22.2. The van der Waals surface area contributed by atoms with E-state index in [4.69, 9.17) is 0 Å². The van der Waals surface area contributed by atoms with E-state index in [2.05, 4.69) is 30.5 Å². The molecular formula is C17H25N7O2. The zero-order valence-electron chi connectivity index (χ0n) is 15.3. The number of anilines is 1. The van der Waals surface area contributed by atoms with Gasteiger partial charge in [-0.2, -0.15) is 0 Å². The Morgan fingerprint density at radius 1 is 1.35 bits per heavy atom. The largest absolute Gasteiger partial charge is 0.481 e. The Kier molecular flexibility index (Phi) is 5.46. The van der Waals surface area contributed by atoms with Gasteiger partial charge in [0.1, 0.15) is 0 Å². The van der Waals surface area contributed by atoms with E-state index in [1.54, 1.807) is 4.68 Å². The van der Waals surface area contributed by atoms with E-state index < -0.39 is 5.97 Å². The second-order valence-corrected chi connectivity index (χ2v) is 7.19. The average molecular weight is 359 g/mol. The van der Waals surface area contributed by atoms with Crippen LogP contribution in [-0.2, 0) is 18.4 Å². The predicted molar refractivity (Wildman–Crippen MR) is 95.6 cm³/mol. The fraction of sp³-hybridized carbons (Fsp3) is 0.588. The summed E-state index contributed by atoms with van der Waals surface area (Å²) < 4.78 is 1.66. The molecule has 2 aromatic rings. The van der Waals surface area contributed by atoms with Crippen LogP contribution in [0.15, 0.2) is 18.6 Å². The number of aliphatic carboxylic acids is 1. The highest BCUT2D eigenvalue weighted by Crippen LogP contribution is 2.34. The molecule has 0 aromatic carbocycles. The van der Waals surface area contributed by atoms with Gasteiger partial charge in [0.05, 0.1) is 12.1 Å². The number of carboxylic acid groups (broad SMARTS) is 1. The van der Waals surface area contributed by atoms with Crippen molar-refractivity contribution in [2.75, 3.05) is 18.4 Å². The summed E-state index contributed by atoms with van der Waals surface area (Å²) in [5, 5.41) is 20.6. The Morgan fingerprint density at radius 3 is 2.65 bits per heavy atom. The van der Waals surface area contributed by atoms with E-state index in [1.165, 1.54) is 0 Å². The van der Waals surface area contributed by atoms with Gasteiger partial charge in [-0.15, -0.1) is 5.10 Å². The Morgan fingerprint density at radius 2 is 2.08 bits per heavy atom. The zero-order chi connectivity index (χ0) is 18.7. The van der Waals surface area contributed by atoms with Crippen LogP contribution in [0.1, 0.15) is 37.4 Å². The first-order valence-corrected chi connectivity index (χ1v) is 8.78. The quantitative estimate of drug-likeness (QED) is 0.757. The third kappa shape index (κ3) is 4.54. The predicted octanol–water partition coefficient (Wildman–Crippen LogP) is 1.12. The molecule has 1 aliphatic heterocycles. The molecule has 0 spiro atoms. The topological polar surface area (TPSA) is 109 Å². The lowest BCUT2D eigenvalue weighted by molar-refractivity contribution is -0.138. The fourth-order valence-electron chi connectivity index (χ4n) is 3.42. The zero-order valence-corrected chi connectivity index (χ0v) is 15.3. The van der Waals surface area contributed by atoms with Crippen LogP contribution in [0.2, 0.25) is 0 Å². The Hall–Kier alpha value is -2.55. The van der Waals surface area contributed by atoms with Gasteiger partial charge in [0.15, 0.2) is 0 Å². The third-order valence-corrected chi connectivity index (χ3v) is 4.48. The molecule has 1 fully saturated rings. The van der Waals surface area contributed by atoms with Crippen molar-refractivity contribution in [2.24, 2.45) is 13.0 Å². The molecule has 0 aliphatic carbocycles. The van der Waals surface area contributed by atoms with Crippen molar-refractivity contribution in [1.82, 2.24) is 29.9 Å². The van der Waals surface area contributed by atoms with Gasteiger partial charge < -0.3 is 10.4 Å². The Balaban J connectivity index is 1.67. The number of carboxylic acids is 1. The van der Waals surface area contributed by atoms with Crippen LogP contribution in [0.4, 0.5) is 5.95 Å². The van der Waals surface area contributed by atoms with E-state index >= 15 is 0 Å². The summed E-state index contributed by atoms with van der Waals surface area (Å²) in [6.45, 7) is 6.23. The molecule has 1 aliphatic rings. The van der Waals surface area contributed by atoms with Gasteiger partial charge in [-0.3, -0.25) is 14.4 Å². The molecule has 0 unspecified atom stereocenters. The molecule has 0 bridgehead atoms.